The van der Waals surface area contributed by atoms with E-state index >= 15 is 0 Å². The largest absolute Gasteiger partial charge is 0.208 e. The molecule has 0 bridgehead atoms. The topological polar surface area (TPSA) is 38.7 Å². The van der Waals surface area contributed by atoms with Gasteiger partial charge in [0, 0.05) is 26.7 Å². The molecule has 3 nitrogen and oxygen atoms in total. The average molecular weight is 575 g/mol. The van der Waals surface area contributed by atoms with Crippen LogP contribution in [0, 0.1) is 6.92 Å². The van der Waals surface area contributed by atoms with Crippen molar-refractivity contribution in [3.05, 3.63) is 137 Å². The molecule has 5 heteroatoms. The van der Waals surface area contributed by atoms with Crippen molar-refractivity contribution in [3.8, 4) is 56.4 Å². The molecular formula is C36H29Cl2N3. The van der Waals surface area contributed by atoms with Crippen molar-refractivity contribution in [2.45, 2.75) is 20.8 Å². The van der Waals surface area contributed by atoms with Gasteiger partial charge in [-0.1, -0.05) is 128 Å². The molecule has 0 unspecified atom stereocenters. The summed E-state index contributed by atoms with van der Waals surface area (Å²) >= 11 is 13.2. The Kier molecular flexibility index (Phi) is 8.88. The first-order valence-electron chi connectivity index (χ1n) is 13.6. The molecule has 0 spiro atoms. The first-order valence-corrected chi connectivity index (χ1v) is 14.3. The molecule has 6 rings (SSSR count). The highest BCUT2D eigenvalue weighted by atomic mass is 35.5. The molecule has 0 aliphatic rings. The van der Waals surface area contributed by atoms with E-state index in [1.807, 2.05) is 86.6 Å². The van der Waals surface area contributed by atoms with Gasteiger partial charge in [0.1, 0.15) is 0 Å². The Balaban J connectivity index is 0.00000165. The van der Waals surface area contributed by atoms with Gasteiger partial charge in [-0.3, -0.25) is 0 Å². The second-order valence-corrected chi connectivity index (χ2v) is 10.2. The minimum Gasteiger partial charge on any atom is -0.208 e. The van der Waals surface area contributed by atoms with Gasteiger partial charge < -0.3 is 0 Å². The number of benzene rings is 5. The van der Waals surface area contributed by atoms with E-state index in [-0.39, 0.29) is 0 Å². The Morgan fingerprint density at radius 1 is 0.390 bits per heavy atom. The fraction of sp³-hybridized carbons (Fsp3) is 0.0833. The summed E-state index contributed by atoms with van der Waals surface area (Å²) in [6, 6.07) is 40.2. The zero-order valence-electron chi connectivity index (χ0n) is 23.1. The van der Waals surface area contributed by atoms with E-state index in [1.54, 1.807) is 0 Å². The minimum absolute atomic E-state index is 0.538. The Labute approximate surface area is 251 Å². The van der Waals surface area contributed by atoms with E-state index in [0.29, 0.717) is 27.5 Å². The minimum atomic E-state index is 0.538. The van der Waals surface area contributed by atoms with Gasteiger partial charge in [-0.15, -0.1) is 0 Å². The number of halogens is 2. The fourth-order valence-electron chi connectivity index (χ4n) is 4.50. The standard InChI is InChI=1S/C34H23Cl2N3.C2H6/c1-22-12-14-25(15-13-22)32-37-33(28-16-26(18-30(35)20-28)23-8-4-2-5-9-23)39-34(38-32)29-17-27(19-31(36)21-29)24-10-6-3-7-11-24;1-2/h2-21H,1H3;1-2H3. The lowest BCUT2D eigenvalue weighted by atomic mass is 10.0. The van der Waals surface area contributed by atoms with E-state index in [0.717, 1.165) is 44.5 Å². The predicted octanol–water partition coefficient (Wildman–Crippen LogP) is 10.8. The van der Waals surface area contributed by atoms with Crippen molar-refractivity contribution in [2.75, 3.05) is 0 Å². The number of nitrogens with zero attached hydrogens (tertiary/aromatic N) is 3. The quantitative estimate of drug-likeness (QED) is 0.206. The van der Waals surface area contributed by atoms with Crippen LogP contribution in [0.3, 0.4) is 0 Å². The smallest absolute Gasteiger partial charge is 0.164 e. The van der Waals surface area contributed by atoms with E-state index in [2.05, 4.69) is 55.5 Å². The monoisotopic (exact) mass is 573 g/mol. The molecule has 0 aliphatic carbocycles. The molecular weight excluding hydrogens is 545 g/mol. The number of aromatic nitrogens is 3. The molecule has 0 saturated carbocycles. The lowest BCUT2D eigenvalue weighted by Gasteiger charge is -2.12. The molecule has 0 N–H and O–H groups in total. The highest BCUT2D eigenvalue weighted by Crippen LogP contribution is 2.33. The number of hydrogen-bond acceptors (Lipinski definition) is 3. The Morgan fingerprint density at radius 2 is 0.756 bits per heavy atom. The summed E-state index contributed by atoms with van der Waals surface area (Å²) < 4.78 is 0. The summed E-state index contributed by atoms with van der Waals surface area (Å²) in [4.78, 5) is 14.7. The lowest BCUT2D eigenvalue weighted by Crippen LogP contribution is -2.00. The van der Waals surface area contributed by atoms with E-state index < -0.39 is 0 Å². The van der Waals surface area contributed by atoms with Crippen LogP contribution in [0.15, 0.2) is 121 Å². The van der Waals surface area contributed by atoms with Gasteiger partial charge in [-0.25, -0.2) is 15.0 Å². The van der Waals surface area contributed by atoms with Gasteiger partial charge in [-0.2, -0.15) is 0 Å². The van der Waals surface area contributed by atoms with Crippen LogP contribution >= 0.6 is 23.2 Å². The van der Waals surface area contributed by atoms with Gasteiger partial charge in [0.15, 0.2) is 17.5 Å². The van der Waals surface area contributed by atoms with Crippen molar-refractivity contribution in [1.29, 1.82) is 0 Å². The lowest BCUT2D eigenvalue weighted by molar-refractivity contribution is 1.07. The molecule has 0 aliphatic heterocycles. The maximum Gasteiger partial charge on any atom is 0.164 e. The highest BCUT2D eigenvalue weighted by Gasteiger charge is 2.15. The van der Waals surface area contributed by atoms with Gasteiger partial charge >= 0.3 is 0 Å². The van der Waals surface area contributed by atoms with Crippen molar-refractivity contribution < 1.29 is 0 Å². The van der Waals surface area contributed by atoms with Crippen molar-refractivity contribution in [3.63, 3.8) is 0 Å². The van der Waals surface area contributed by atoms with Crippen LogP contribution in [-0.4, -0.2) is 15.0 Å². The molecule has 1 aromatic heterocycles. The number of rotatable bonds is 5. The predicted molar refractivity (Wildman–Crippen MR) is 173 cm³/mol. The third-order valence-electron chi connectivity index (χ3n) is 6.47. The second-order valence-electron chi connectivity index (χ2n) is 9.36. The number of hydrogen-bond donors (Lipinski definition) is 0. The van der Waals surface area contributed by atoms with E-state index in [9.17, 15) is 0 Å². The summed E-state index contributed by atoms with van der Waals surface area (Å²) in [6.07, 6.45) is 0. The van der Waals surface area contributed by atoms with E-state index in [1.165, 1.54) is 0 Å². The third kappa shape index (κ3) is 6.71. The maximum absolute atomic E-state index is 6.60. The highest BCUT2D eigenvalue weighted by molar-refractivity contribution is 6.31. The van der Waals surface area contributed by atoms with Gasteiger partial charge in [-0.05, 0) is 65.6 Å². The molecule has 0 atom stereocenters. The SMILES string of the molecule is CC.Cc1ccc(-c2nc(-c3cc(Cl)cc(-c4ccccc4)c3)nc(-c3cc(Cl)cc(-c4ccccc4)c3)n2)cc1. The maximum atomic E-state index is 6.60. The average Bonchev–Trinajstić information content (AvgIpc) is 3.02. The summed E-state index contributed by atoms with van der Waals surface area (Å²) in [5.74, 6) is 1.66. The Bertz CT molecular complexity index is 1660. The van der Waals surface area contributed by atoms with Crippen LogP contribution in [0.5, 0.6) is 0 Å². The molecule has 202 valence electrons. The van der Waals surface area contributed by atoms with Crippen molar-refractivity contribution in [1.82, 2.24) is 15.0 Å². The van der Waals surface area contributed by atoms with Gasteiger partial charge in [0.25, 0.3) is 0 Å². The molecule has 0 amide bonds. The molecule has 5 aromatic carbocycles. The normalized spacial score (nSPS) is 10.6. The third-order valence-corrected chi connectivity index (χ3v) is 6.91. The van der Waals surface area contributed by atoms with Gasteiger partial charge in [0.2, 0.25) is 0 Å². The summed E-state index contributed by atoms with van der Waals surface area (Å²) in [6.45, 7) is 6.06. The first-order chi connectivity index (χ1) is 20.0. The van der Waals surface area contributed by atoms with E-state index in [4.69, 9.17) is 38.2 Å². The summed E-state index contributed by atoms with van der Waals surface area (Å²) in [7, 11) is 0. The summed E-state index contributed by atoms with van der Waals surface area (Å²) in [5, 5.41) is 1.22. The second kappa shape index (κ2) is 12.9. The Hall–Kier alpha value is -4.31. The van der Waals surface area contributed by atoms with Crippen LogP contribution in [-0.2, 0) is 0 Å². The first kappa shape index (κ1) is 28.2. The van der Waals surface area contributed by atoms with Crippen LogP contribution < -0.4 is 0 Å². The molecule has 0 saturated heterocycles. The Morgan fingerprint density at radius 3 is 1.17 bits per heavy atom. The van der Waals surface area contributed by atoms with Crippen LogP contribution in [0.25, 0.3) is 56.4 Å². The van der Waals surface area contributed by atoms with Crippen LogP contribution in [0.2, 0.25) is 10.0 Å². The zero-order valence-corrected chi connectivity index (χ0v) is 24.7. The van der Waals surface area contributed by atoms with Crippen molar-refractivity contribution in [2.24, 2.45) is 0 Å². The fourth-order valence-corrected chi connectivity index (χ4v) is 4.97. The van der Waals surface area contributed by atoms with Gasteiger partial charge in [0.05, 0.1) is 0 Å². The molecule has 0 fully saturated rings. The molecule has 41 heavy (non-hydrogen) atoms. The molecule has 0 radical (unpaired) electrons. The van der Waals surface area contributed by atoms with Crippen LogP contribution in [0.4, 0.5) is 0 Å². The van der Waals surface area contributed by atoms with Crippen molar-refractivity contribution >= 4 is 23.2 Å². The summed E-state index contributed by atoms with van der Waals surface area (Å²) in [5.41, 5.74) is 7.80. The van der Waals surface area contributed by atoms with Crippen LogP contribution in [0.1, 0.15) is 19.4 Å². The molecule has 6 aromatic rings. The zero-order chi connectivity index (χ0) is 28.8. The number of aryl methyl sites for hydroxylation is 1. The molecule has 1 heterocycles.